The molecule has 0 saturated heterocycles. The Morgan fingerprint density at radius 1 is 1.15 bits per heavy atom. The molecule has 20 heavy (non-hydrogen) atoms. The van der Waals surface area contributed by atoms with Crippen LogP contribution in [0.2, 0.25) is 0 Å². The van der Waals surface area contributed by atoms with Gasteiger partial charge in [-0.05, 0) is 43.1 Å². The Bertz CT molecular complexity index is 480. The molecule has 2 heteroatoms. The van der Waals surface area contributed by atoms with Crippen LogP contribution in [0.25, 0.3) is 0 Å². The normalized spacial score (nSPS) is 33.6. The molecule has 2 aliphatic rings. The van der Waals surface area contributed by atoms with Crippen molar-refractivity contribution in [3.05, 3.63) is 29.8 Å². The van der Waals surface area contributed by atoms with E-state index in [-0.39, 0.29) is 11.6 Å². The number of nitrogens with two attached hydrogens (primary N) is 1. The number of fused-ring (bicyclic) bond motifs is 1. The second kappa shape index (κ2) is 4.77. The minimum absolute atomic E-state index is 0.00444. The van der Waals surface area contributed by atoms with Crippen molar-refractivity contribution in [3.8, 4) is 5.75 Å². The molecular formula is C18H27NO. The summed E-state index contributed by atoms with van der Waals surface area (Å²) in [6.07, 6.45) is 5.80. The standard InChI is InChI=1S/C18H27NO/c1-17(2,3)13-8-10-18(11-9-13)12-15(19)14-6-4-5-7-16(14)20-18/h4-7,13,15H,8-12,19H2,1-3H3. The molecule has 0 amide bonds. The number of rotatable bonds is 0. The zero-order chi connectivity index (χ0) is 14.4. The Labute approximate surface area is 122 Å². The average Bonchev–Trinajstić information content (AvgIpc) is 2.38. The number of para-hydroxylation sites is 1. The predicted molar refractivity (Wildman–Crippen MR) is 82.8 cm³/mol. The largest absolute Gasteiger partial charge is 0.487 e. The van der Waals surface area contributed by atoms with Gasteiger partial charge in [0.25, 0.3) is 0 Å². The third-order valence-electron chi connectivity index (χ3n) is 5.36. The van der Waals surface area contributed by atoms with Crippen LogP contribution in [-0.4, -0.2) is 5.60 Å². The van der Waals surface area contributed by atoms with E-state index >= 15 is 0 Å². The van der Waals surface area contributed by atoms with E-state index in [9.17, 15) is 0 Å². The van der Waals surface area contributed by atoms with Gasteiger partial charge in [0, 0.05) is 18.0 Å². The van der Waals surface area contributed by atoms with E-state index in [0.29, 0.717) is 5.41 Å². The monoisotopic (exact) mass is 273 g/mol. The Morgan fingerprint density at radius 2 is 1.80 bits per heavy atom. The lowest BCUT2D eigenvalue weighted by Crippen LogP contribution is -2.46. The van der Waals surface area contributed by atoms with Crippen molar-refractivity contribution in [2.24, 2.45) is 17.1 Å². The minimum Gasteiger partial charge on any atom is -0.487 e. The van der Waals surface area contributed by atoms with Crippen molar-refractivity contribution >= 4 is 0 Å². The highest BCUT2D eigenvalue weighted by Gasteiger charge is 2.44. The first-order valence-corrected chi connectivity index (χ1v) is 7.93. The van der Waals surface area contributed by atoms with Gasteiger partial charge < -0.3 is 10.5 Å². The molecule has 3 rings (SSSR count). The van der Waals surface area contributed by atoms with E-state index in [1.807, 2.05) is 6.07 Å². The van der Waals surface area contributed by atoms with Gasteiger partial charge in [0.1, 0.15) is 11.4 Å². The minimum atomic E-state index is -0.00444. The molecule has 1 aliphatic heterocycles. The van der Waals surface area contributed by atoms with Crippen LogP contribution in [-0.2, 0) is 0 Å². The average molecular weight is 273 g/mol. The molecule has 0 aromatic heterocycles. The predicted octanol–water partition coefficient (Wildman–Crippen LogP) is 4.44. The van der Waals surface area contributed by atoms with Gasteiger partial charge in [0.15, 0.2) is 0 Å². The van der Waals surface area contributed by atoms with Crippen molar-refractivity contribution in [1.82, 2.24) is 0 Å². The Morgan fingerprint density at radius 3 is 2.45 bits per heavy atom. The number of ether oxygens (including phenoxy) is 1. The van der Waals surface area contributed by atoms with Gasteiger partial charge in [-0.15, -0.1) is 0 Å². The summed E-state index contributed by atoms with van der Waals surface area (Å²) in [7, 11) is 0. The van der Waals surface area contributed by atoms with Gasteiger partial charge in [-0.3, -0.25) is 0 Å². The maximum atomic E-state index is 6.41. The summed E-state index contributed by atoms with van der Waals surface area (Å²) in [5, 5.41) is 0. The van der Waals surface area contributed by atoms with Crippen molar-refractivity contribution < 1.29 is 4.74 Å². The third kappa shape index (κ3) is 2.46. The molecule has 1 spiro atoms. The lowest BCUT2D eigenvalue weighted by atomic mass is 9.66. The van der Waals surface area contributed by atoms with E-state index in [1.165, 1.54) is 18.4 Å². The molecule has 2 nitrogen and oxygen atoms in total. The number of hydrogen-bond donors (Lipinski definition) is 1. The van der Waals surface area contributed by atoms with Gasteiger partial charge in [-0.25, -0.2) is 0 Å². The fourth-order valence-corrected chi connectivity index (χ4v) is 3.98. The summed E-state index contributed by atoms with van der Waals surface area (Å²) >= 11 is 0. The summed E-state index contributed by atoms with van der Waals surface area (Å²) in [5.41, 5.74) is 7.98. The van der Waals surface area contributed by atoms with Crippen LogP contribution in [0.1, 0.15) is 64.5 Å². The second-order valence-corrected chi connectivity index (χ2v) is 7.77. The third-order valence-corrected chi connectivity index (χ3v) is 5.36. The Kier molecular flexibility index (Phi) is 3.32. The number of benzene rings is 1. The van der Waals surface area contributed by atoms with Crippen LogP contribution in [0, 0.1) is 11.3 Å². The van der Waals surface area contributed by atoms with Gasteiger partial charge in [0.2, 0.25) is 0 Å². The first kappa shape index (κ1) is 13.9. The molecule has 1 fully saturated rings. The van der Waals surface area contributed by atoms with Crippen LogP contribution in [0.5, 0.6) is 5.75 Å². The smallest absolute Gasteiger partial charge is 0.124 e. The highest BCUT2D eigenvalue weighted by Crippen LogP contribution is 2.49. The van der Waals surface area contributed by atoms with E-state index in [2.05, 4.69) is 39.0 Å². The molecule has 1 aliphatic carbocycles. The lowest BCUT2D eigenvalue weighted by molar-refractivity contribution is -0.0254. The van der Waals surface area contributed by atoms with Crippen LogP contribution in [0.15, 0.2) is 24.3 Å². The molecule has 1 saturated carbocycles. The molecule has 110 valence electrons. The fraction of sp³-hybridized carbons (Fsp3) is 0.667. The summed E-state index contributed by atoms with van der Waals surface area (Å²) in [6, 6.07) is 8.41. The van der Waals surface area contributed by atoms with Crippen molar-refractivity contribution in [3.63, 3.8) is 0 Å². The maximum absolute atomic E-state index is 6.41. The first-order chi connectivity index (χ1) is 9.40. The molecule has 0 bridgehead atoms. The summed E-state index contributed by atoms with van der Waals surface area (Å²) in [4.78, 5) is 0. The van der Waals surface area contributed by atoms with Crippen LogP contribution < -0.4 is 10.5 Å². The molecule has 1 heterocycles. The summed E-state index contributed by atoms with van der Waals surface area (Å²) in [6.45, 7) is 7.08. The SMILES string of the molecule is CC(C)(C)C1CCC2(CC1)CC(N)c1ccccc1O2. The van der Waals surface area contributed by atoms with E-state index in [0.717, 1.165) is 30.9 Å². The lowest BCUT2D eigenvalue weighted by Gasteiger charge is -2.47. The summed E-state index contributed by atoms with van der Waals surface area (Å²) < 4.78 is 6.41. The molecular weight excluding hydrogens is 246 g/mol. The second-order valence-electron chi connectivity index (χ2n) is 7.77. The van der Waals surface area contributed by atoms with Gasteiger partial charge in [0.05, 0.1) is 0 Å². The maximum Gasteiger partial charge on any atom is 0.124 e. The van der Waals surface area contributed by atoms with Crippen molar-refractivity contribution in [1.29, 1.82) is 0 Å². The molecule has 1 aromatic carbocycles. The van der Waals surface area contributed by atoms with E-state index < -0.39 is 0 Å². The highest BCUT2D eigenvalue weighted by molar-refractivity contribution is 5.38. The molecule has 1 atom stereocenters. The van der Waals surface area contributed by atoms with Gasteiger partial charge in [-0.1, -0.05) is 39.0 Å². The van der Waals surface area contributed by atoms with Crippen molar-refractivity contribution in [2.75, 3.05) is 0 Å². The highest BCUT2D eigenvalue weighted by atomic mass is 16.5. The van der Waals surface area contributed by atoms with E-state index in [1.54, 1.807) is 0 Å². The Hall–Kier alpha value is -1.02. The van der Waals surface area contributed by atoms with Gasteiger partial charge >= 0.3 is 0 Å². The Balaban J connectivity index is 1.77. The number of hydrogen-bond acceptors (Lipinski definition) is 2. The zero-order valence-corrected chi connectivity index (χ0v) is 13.0. The molecule has 2 N–H and O–H groups in total. The topological polar surface area (TPSA) is 35.2 Å². The van der Waals surface area contributed by atoms with Crippen LogP contribution in [0.4, 0.5) is 0 Å². The van der Waals surface area contributed by atoms with Gasteiger partial charge in [-0.2, -0.15) is 0 Å². The van der Waals surface area contributed by atoms with Crippen LogP contribution in [0.3, 0.4) is 0 Å². The molecule has 1 aromatic rings. The molecule has 1 unspecified atom stereocenters. The fourth-order valence-electron chi connectivity index (χ4n) is 3.98. The van der Waals surface area contributed by atoms with Crippen molar-refractivity contribution in [2.45, 2.75) is 64.5 Å². The first-order valence-electron chi connectivity index (χ1n) is 7.93. The molecule has 0 radical (unpaired) electrons. The van der Waals surface area contributed by atoms with Crippen LogP contribution >= 0.6 is 0 Å². The summed E-state index contributed by atoms with van der Waals surface area (Å²) in [5.74, 6) is 1.82. The zero-order valence-electron chi connectivity index (χ0n) is 13.0. The van der Waals surface area contributed by atoms with E-state index in [4.69, 9.17) is 10.5 Å². The quantitative estimate of drug-likeness (QED) is 0.758.